The van der Waals surface area contributed by atoms with Crippen LogP contribution in [0, 0.1) is 5.92 Å². The SMILES string of the molecule is CCCN(C)Cc1ncc(-c2ccc(-c3ccc(-c4cnc(CN(CCC)C(=O)[C@@H](NC(=O)C5CC5)c5ccccc5)s4)cc3)cc2)s1. The van der Waals surface area contributed by atoms with Crippen molar-refractivity contribution in [2.45, 2.75) is 58.7 Å². The fourth-order valence-electron chi connectivity index (χ4n) is 5.80. The van der Waals surface area contributed by atoms with Crippen LogP contribution in [0.2, 0.25) is 0 Å². The smallest absolute Gasteiger partial charge is 0.250 e. The molecule has 1 saturated carbocycles. The van der Waals surface area contributed by atoms with Gasteiger partial charge in [0.2, 0.25) is 11.8 Å². The number of aromatic nitrogens is 2. The molecule has 1 atom stereocenters. The zero-order chi connectivity index (χ0) is 33.5. The van der Waals surface area contributed by atoms with Crippen LogP contribution in [0.25, 0.3) is 32.0 Å². The summed E-state index contributed by atoms with van der Waals surface area (Å²) in [5.41, 5.74) is 5.40. The number of nitrogens with one attached hydrogen (secondary N) is 1. The monoisotopic (exact) mass is 677 g/mol. The number of thiazole rings is 2. The lowest BCUT2D eigenvalue weighted by Gasteiger charge is -2.27. The topological polar surface area (TPSA) is 78.4 Å². The van der Waals surface area contributed by atoms with Crippen LogP contribution >= 0.6 is 22.7 Å². The molecule has 5 aromatic rings. The van der Waals surface area contributed by atoms with Gasteiger partial charge in [0.05, 0.1) is 22.8 Å². The van der Waals surface area contributed by atoms with E-state index in [2.05, 4.69) is 84.6 Å². The Morgan fingerprint density at radius 3 is 1.79 bits per heavy atom. The van der Waals surface area contributed by atoms with Gasteiger partial charge in [-0.3, -0.25) is 14.5 Å². The molecule has 0 unspecified atom stereocenters. The van der Waals surface area contributed by atoms with E-state index in [1.54, 1.807) is 22.7 Å². The minimum Gasteiger partial charge on any atom is -0.340 e. The molecule has 248 valence electrons. The number of benzene rings is 3. The average molecular weight is 678 g/mol. The molecule has 7 nitrogen and oxygen atoms in total. The van der Waals surface area contributed by atoms with Gasteiger partial charge in [-0.2, -0.15) is 0 Å². The summed E-state index contributed by atoms with van der Waals surface area (Å²) in [6.07, 6.45) is 7.61. The highest BCUT2D eigenvalue weighted by molar-refractivity contribution is 7.15. The zero-order valence-corrected chi connectivity index (χ0v) is 29.5. The maximum atomic E-state index is 13.9. The largest absolute Gasteiger partial charge is 0.340 e. The normalized spacial score (nSPS) is 13.4. The number of amides is 2. The van der Waals surface area contributed by atoms with E-state index in [0.717, 1.165) is 75.9 Å². The quantitative estimate of drug-likeness (QED) is 0.120. The van der Waals surface area contributed by atoms with Gasteiger partial charge in [0.1, 0.15) is 16.1 Å². The van der Waals surface area contributed by atoms with E-state index in [4.69, 9.17) is 4.98 Å². The predicted molar refractivity (Wildman–Crippen MR) is 196 cm³/mol. The van der Waals surface area contributed by atoms with Gasteiger partial charge < -0.3 is 10.2 Å². The molecule has 9 heteroatoms. The third-order valence-corrected chi connectivity index (χ3v) is 10.6. The molecular weight excluding hydrogens is 635 g/mol. The van der Waals surface area contributed by atoms with E-state index in [-0.39, 0.29) is 17.7 Å². The summed E-state index contributed by atoms with van der Waals surface area (Å²) in [6, 6.07) is 26.1. The summed E-state index contributed by atoms with van der Waals surface area (Å²) < 4.78 is 0. The first-order valence-electron chi connectivity index (χ1n) is 16.8. The molecule has 1 aliphatic carbocycles. The summed E-state index contributed by atoms with van der Waals surface area (Å²) in [6.45, 7) is 7.21. The molecule has 1 N–H and O–H groups in total. The van der Waals surface area contributed by atoms with Crippen LogP contribution in [-0.2, 0) is 22.7 Å². The second-order valence-electron chi connectivity index (χ2n) is 12.5. The van der Waals surface area contributed by atoms with Crippen LogP contribution in [0.4, 0.5) is 0 Å². The maximum absolute atomic E-state index is 13.9. The molecule has 1 fully saturated rings. The highest BCUT2D eigenvalue weighted by Gasteiger charge is 2.34. The van der Waals surface area contributed by atoms with Gasteiger partial charge in [-0.1, -0.05) is 92.7 Å². The van der Waals surface area contributed by atoms with E-state index in [1.807, 2.05) is 47.6 Å². The van der Waals surface area contributed by atoms with Gasteiger partial charge in [0.25, 0.3) is 0 Å². The van der Waals surface area contributed by atoms with Crippen LogP contribution in [0.3, 0.4) is 0 Å². The molecule has 2 heterocycles. The summed E-state index contributed by atoms with van der Waals surface area (Å²) in [4.78, 5) is 42.4. The predicted octanol–water partition coefficient (Wildman–Crippen LogP) is 8.45. The van der Waals surface area contributed by atoms with Crippen molar-refractivity contribution in [2.24, 2.45) is 5.92 Å². The number of hydrogen-bond acceptors (Lipinski definition) is 7. The van der Waals surface area contributed by atoms with Crippen molar-refractivity contribution in [1.82, 2.24) is 25.1 Å². The Morgan fingerprint density at radius 2 is 1.27 bits per heavy atom. The fraction of sp³-hybridized carbons (Fsp3) is 0.333. The number of hydrogen-bond donors (Lipinski definition) is 1. The highest BCUT2D eigenvalue weighted by atomic mass is 32.1. The van der Waals surface area contributed by atoms with Crippen LogP contribution in [0.1, 0.15) is 61.2 Å². The van der Waals surface area contributed by atoms with Crippen molar-refractivity contribution >= 4 is 34.5 Å². The molecule has 2 amide bonds. The molecule has 0 radical (unpaired) electrons. The average Bonchev–Trinajstić information content (AvgIpc) is 3.70. The molecule has 0 spiro atoms. The Balaban J connectivity index is 1.11. The minimum atomic E-state index is -0.705. The first kappa shape index (κ1) is 33.7. The number of rotatable bonds is 15. The molecule has 0 aliphatic heterocycles. The van der Waals surface area contributed by atoms with Crippen LogP contribution in [0.15, 0.2) is 91.3 Å². The zero-order valence-electron chi connectivity index (χ0n) is 27.9. The van der Waals surface area contributed by atoms with Gasteiger partial charge in [-0.05, 0) is 67.1 Å². The van der Waals surface area contributed by atoms with Crippen molar-refractivity contribution in [3.63, 3.8) is 0 Å². The molecular formula is C39H43N5O2S2. The van der Waals surface area contributed by atoms with Gasteiger partial charge in [0.15, 0.2) is 0 Å². The second kappa shape index (κ2) is 15.8. The molecule has 2 aromatic heterocycles. The maximum Gasteiger partial charge on any atom is 0.250 e. The van der Waals surface area contributed by atoms with E-state index in [0.29, 0.717) is 13.1 Å². The standard InChI is InChI=1S/C39H43N5O2S2/c1-4-21-43(3)25-35-40-23-33(47-35)29-15-11-27(12-16-29)28-13-17-30(18-14-28)34-24-41-36(48-34)26-44(22-5-2)39(46)37(31-9-7-6-8-10-31)42-38(45)32-19-20-32/h6-18,23-24,32,37H,4-5,19-22,25-26H2,1-3H3,(H,42,45)/t37-/m0/s1. The van der Waals surface area contributed by atoms with Crippen molar-refractivity contribution in [2.75, 3.05) is 20.1 Å². The lowest BCUT2D eigenvalue weighted by Crippen LogP contribution is -2.43. The molecule has 48 heavy (non-hydrogen) atoms. The van der Waals surface area contributed by atoms with Crippen molar-refractivity contribution in [3.8, 4) is 32.0 Å². The van der Waals surface area contributed by atoms with E-state index in [1.165, 1.54) is 10.4 Å². The third kappa shape index (κ3) is 8.45. The molecule has 6 rings (SSSR count). The fourth-order valence-corrected chi connectivity index (χ4v) is 7.74. The van der Waals surface area contributed by atoms with Crippen molar-refractivity contribution in [3.05, 3.63) is 107 Å². The molecule has 0 saturated heterocycles. The van der Waals surface area contributed by atoms with Crippen LogP contribution < -0.4 is 5.32 Å². The Morgan fingerprint density at radius 1 is 0.750 bits per heavy atom. The Labute approximate surface area is 291 Å². The van der Waals surface area contributed by atoms with Crippen molar-refractivity contribution in [1.29, 1.82) is 0 Å². The second-order valence-corrected chi connectivity index (χ2v) is 14.7. The van der Waals surface area contributed by atoms with Crippen LogP contribution in [-0.4, -0.2) is 51.7 Å². The Bertz CT molecular complexity index is 1800. The van der Waals surface area contributed by atoms with Crippen LogP contribution in [0.5, 0.6) is 0 Å². The number of carbonyl (C=O) groups excluding carboxylic acids is 2. The highest BCUT2D eigenvalue weighted by Crippen LogP contribution is 2.33. The van der Waals surface area contributed by atoms with Gasteiger partial charge in [-0.15, -0.1) is 22.7 Å². The van der Waals surface area contributed by atoms with Gasteiger partial charge in [-0.25, -0.2) is 9.97 Å². The molecule has 0 bridgehead atoms. The first-order valence-corrected chi connectivity index (χ1v) is 18.5. The molecule has 3 aromatic carbocycles. The minimum absolute atomic E-state index is 0.0239. The summed E-state index contributed by atoms with van der Waals surface area (Å²) in [7, 11) is 2.14. The van der Waals surface area contributed by atoms with E-state index < -0.39 is 6.04 Å². The third-order valence-electron chi connectivity index (χ3n) is 8.54. The first-order chi connectivity index (χ1) is 23.4. The summed E-state index contributed by atoms with van der Waals surface area (Å²) in [5, 5.41) is 5.05. The van der Waals surface area contributed by atoms with Crippen molar-refractivity contribution < 1.29 is 9.59 Å². The van der Waals surface area contributed by atoms with Gasteiger partial charge >= 0.3 is 0 Å². The van der Waals surface area contributed by atoms with E-state index in [9.17, 15) is 9.59 Å². The van der Waals surface area contributed by atoms with E-state index >= 15 is 0 Å². The Hall–Kier alpha value is -4.18. The lowest BCUT2D eigenvalue weighted by molar-refractivity contribution is -0.137. The van der Waals surface area contributed by atoms with Gasteiger partial charge in [0, 0.05) is 24.9 Å². The Kier molecular flexibility index (Phi) is 11.1. The number of carbonyl (C=O) groups is 2. The number of nitrogens with zero attached hydrogens (tertiary/aromatic N) is 4. The molecule has 1 aliphatic rings. The summed E-state index contributed by atoms with van der Waals surface area (Å²) >= 11 is 3.36. The lowest BCUT2D eigenvalue weighted by atomic mass is 10.0. The summed E-state index contributed by atoms with van der Waals surface area (Å²) in [5.74, 6) is -0.111.